The summed E-state index contributed by atoms with van der Waals surface area (Å²) in [4.78, 5) is 16.7. The quantitative estimate of drug-likeness (QED) is 0.909. The molecule has 1 atom stereocenters. The molecule has 6 heteroatoms. The van der Waals surface area contributed by atoms with Gasteiger partial charge >= 0.3 is 0 Å². The van der Waals surface area contributed by atoms with E-state index in [1.165, 1.54) is 18.5 Å². The molecule has 0 bridgehead atoms. The number of nitrogens with one attached hydrogen (secondary N) is 1. The number of hydrogen-bond acceptors (Lipinski definition) is 3. The maximum Gasteiger partial charge on any atom is 0.239 e. The van der Waals surface area contributed by atoms with Crippen LogP contribution in [0.3, 0.4) is 0 Å². The van der Waals surface area contributed by atoms with Gasteiger partial charge in [0.2, 0.25) is 5.91 Å². The molecule has 0 spiro atoms. The number of carbonyl (C=O) groups is 1. The number of hydrogen-bond donors (Lipinski definition) is 1. The molecule has 3 rings (SSSR count). The Hall–Kier alpha value is -0.970. The van der Waals surface area contributed by atoms with Gasteiger partial charge in [-0.1, -0.05) is 18.2 Å². The number of rotatable bonds is 4. The zero-order valence-electron chi connectivity index (χ0n) is 12.9. The first-order chi connectivity index (χ1) is 9.74. The van der Waals surface area contributed by atoms with Crippen molar-refractivity contribution in [3.63, 3.8) is 0 Å². The van der Waals surface area contributed by atoms with Gasteiger partial charge in [-0.05, 0) is 31.9 Å². The van der Waals surface area contributed by atoms with Crippen molar-refractivity contribution in [3.8, 4) is 0 Å². The van der Waals surface area contributed by atoms with Crippen LogP contribution in [0.2, 0.25) is 0 Å². The van der Waals surface area contributed by atoms with E-state index in [0.29, 0.717) is 6.04 Å². The van der Waals surface area contributed by atoms with E-state index in [-0.39, 0.29) is 36.8 Å². The minimum absolute atomic E-state index is 0. The minimum atomic E-state index is -0.0363. The van der Waals surface area contributed by atoms with E-state index in [1.54, 1.807) is 0 Å². The third-order valence-electron chi connectivity index (χ3n) is 4.15. The lowest BCUT2D eigenvalue weighted by Crippen LogP contribution is -2.53. The molecule has 4 nitrogen and oxygen atoms in total. The van der Waals surface area contributed by atoms with Crippen molar-refractivity contribution in [2.45, 2.75) is 31.8 Å². The van der Waals surface area contributed by atoms with E-state index >= 15 is 0 Å². The normalized spacial score (nSPS) is 19.0. The zero-order chi connectivity index (χ0) is 13.9. The summed E-state index contributed by atoms with van der Waals surface area (Å²) in [7, 11) is 0. The Morgan fingerprint density at radius 2 is 1.68 bits per heavy atom. The number of amides is 1. The first-order valence-electron chi connectivity index (χ1n) is 7.59. The lowest BCUT2D eigenvalue weighted by atomic mass is 10.2. The standard InChI is InChI=1S/C16H23N3O.2ClH/c1-13(17-14-7-8-14)16(20)19-11-9-18(10-12-19)15-5-3-2-4-6-15;;/h2-6,13-14,17H,7-12H2,1H3;2*1H. The smallest absolute Gasteiger partial charge is 0.239 e. The zero-order valence-corrected chi connectivity index (χ0v) is 14.5. The summed E-state index contributed by atoms with van der Waals surface area (Å²) < 4.78 is 0. The molecule has 1 aliphatic heterocycles. The predicted octanol–water partition coefficient (Wildman–Crippen LogP) is 2.32. The molecule has 1 aromatic rings. The van der Waals surface area contributed by atoms with Gasteiger partial charge in [-0.3, -0.25) is 4.79 Å². The molecule has 1 saturated heterocycles. The molecule has 0 radical (unpaired) electrons. The molecule has 1 aromatic carbocycles. The van der Waals surface area contributed by atoms with Gasteiger partial charge in [-0.25, -0.2) is 0 Å². The van der Waals surface area contributed by atoms with Crippen molar-refractivity contribution in [3.05, 3.63) is 30.3 Å². The first-order valence-corrected chi connectivity index (χ1v) is 7.59. The fourth-order valence-corrected chi connectivity index (χ4v) is 2.77. The monoisotopic (exact) mass is 345 g/mol. The van der Waals surface area contributed by atoms with Crippen LogP contribution in [0.25, 0.3) is 0 Å². The Morgan fingerprint density at radius 1 is 1.09 bits per heavy atom. The van der Waals surface area contributed by atoms with E-state index in [4.69, 9.17) is 0 Å². The van der Waals surface area contributed by atoms with E-state index in [1.807, 2.05) is 17.9 Å². The summed E-state index contributed by atoms with van der Waals surface area (Å²) in [5, 5.41) is 3.39. The summed E-state index contributed by atoms with van der Waals surface area (Å²) >= 11 is 0. The lowest BCUT2D eigenvalue weighted by molar-refractivity contribution is -0.133. The third kappa shape index (κ3) is 4.77. The second-order valence-electron chi connectivity index (χ2n) is 5.81. The topological polar surface area (TPSA) is 35.6 Å². The molecule has 2 fully saturated rings. The number of para-hydroxylation sites is 1. The van der Waals surface area contributed by atoms with Gasteiger partial charge in [-0.2, -0.15) is 0 Å². The van der Waals surface area contributed by atoms with Crippen molar-refractivity contribution >= 4 is 36.4 Å². The van der Waals surface area contributed by atoms with Crippen LogP contribution >= 0.6 is 24.8 Å². The number of halogens is 2. The van der Waals surface area contributed by atoms with Gasteiger partial charge in [0.05, 0.1) is 6.04 Å². The fourth-order valence-electron chi connectivity index (χ4n) is 2.77. The maximum absolute atomic E-state index is 12.3. The molecule has 22 heavy (non-hydrogen) atoms. The minimum Gasteiger partial charge on any atom is -0.368 e. The van der Waals surface area contributed by atoms with Gasteiger partial charge in [0, 0.05) is 37.9 Å². The highest BCUT2D eigenvalue weighted by Crippen LogP contribution is 2.20. The second-order valence-corrected chi connectivity index (χ2v) is 5.81. The molecule has 124 valence electrons. The average molecular weight is 346 g/mol. The largest absolute Gasteiger partial charge is 0.368 e. The van der Waals surface area contributed by atoms with E-state index in [0.717, 1.165) is 26.2 Å². The van der Waals surface area contributed by atoms with Crippen LogP contribution in [0.1, 0.15) is 19.8 Å². The lowest BCUT2D eigenvalue weighted by Gasteiger charge is -2.37. The molecule has 1 amide bonds. The number of benzene rings is 1. The molecule has 1 N–H and O–H groups in total. The van der Waals surface area contributed by atoms with Gasteiger partial charge in [0.1, 0.15) is 0 Å². The van der Waals surface area contributed by atoms with Gasteiger partial charge in [0.15, 0.2) is 0 Å². The number of nitrogens with zero attached hydrogens (tertiary/aromatic N) is 2. The first kappa shape index (κ1) is 19.1. The number of carbonyl (C=O) groups excluding carboxylic acids is 1. The van der Waals surface area contributed by atoms with E-state index in [2.05, 4.69) is 34.5 Å². The molecule has 2 aliphatic rings. The Kier molecular flexibility index (Phi) is 7.46. The highest BCUT2D eigenvalue weighted by molar-refractivity contribution is 5.85. The van der Waals surface area contributed by atoms with Crippen molar-refractivity contribution in [2.75, 3.05) is 31.1 Å². The van der Waals surface area contributed by atoms with Gasteiger partial charge in [-0.15, -0.1) is 24.8 Å². The third-order valence-corrected chi connectivity index (χ3v) is 4.15. The number of anilines is 1. The SMILES string of the molecule is CC(NC1CC1)C(=O)N1CCN(c2ccccc2)CC1.Cl.Cl. The summed E-state index contributed by atoms with van der Waals surface area (Å²) in [6.45, 7) is 5.48. The van der Waals surface area contributed by atoms with Crippen LogP contribution in [0.4, 0.5) is 5.69 Å². The Balaban J connectivity index is 0.00000121. The van der Waals surface area contributed by atoms with Crippen molar-refractivity contribution < 1.29 is 4.79 Å². The summed E-state index contributed by atoms with van der Waals surface area (Å²) in [6.07, 6.45) is 2.44. The Morgan fingerprint density at radius 3 is 2.23 bits per heavy atom. The van der Waals surface area contributed by atoms with E-state index in [9.17, 15) is 4.79 Å². The molecule has 1 saturated carbocycles. The van der Waals surface area contributed by atoms with Gasteiger partial charge < -0.3 is 15.1 Å². The van der Waals surface area contributed by atoms with Crippen molar-refractivity contribution in [1.82, 2.24) is 10.2 Å². The Bertz CT molecular complexity index is 460. The van der Waals surface area contributed by atoms with Crippen LogP contribution in [-0.2, 0) is 4.79 Å². The highest BCUT2D eigenvalue weighted by atomic mass is 35.5. The highest BCUT2D eigenvalue weighted by Gasteiger charge is 2.29. The fraction of sp³-hybridized carbons (Fsp3) is 0.562. The predicted molar refractivity (Wildman–Crippen MR) is 95.4 cm³/mol. The molecule has 1 heterocycles. The molecular weight excluding hydrogens is 321 g/mol. The molecular formula is C16H25Cl2N3O. The Labute approximate surface area is 145 Å². The molecule has 0 aromatic heterocycles. The average Bonchev–Trinajstić information content (AvgIpc) is 3.31. The van der Waals surface area contributed by atoms with Crippen molar-refractivity contribution in [1.29, 1.82) is 0 Å². The van der Waals surface area contributed by atoms with Crippen molar-refractivity contribution in [2.24, 2.45) is 0 Å². The van der Waals surface area contributed by atoms with Gasteiger partial charge in [0.25, 0.3) is 0 Å². The van der Waals surface area contributed by atoms with Crippen LogP contribution in [-0.4, -0.2) is 49.1 Å². The summed E-state index contributed by atoms with van der Waals surface area (Å²) in [5.74, 6) is 0.254. The van der Waals surface area contributed by atoms with Crippen LogP contribution < -0.4 is 10.2 Å². The van der Waals surface area contributed by atoms with E-state index < -0.39 is 0 Å². The van der Waals surface area contributed by atoms with Crippen LogP contribution in [0, 0.1) is 0 Å². The molecule has 1 unspecified atom stereocenters. The summed E-state index contributed by atoms with van der Waals surface area (Å²) in [6, 6.07) is 11.0. The summed E-state index contributed by atoms with van der Waals surface area (Å²) in [5.41, 5.74) is 1.25. The second kappa shape index (κ2) is 8.61. The van der Waals surface area contributed by atoms with Crippen LogP contribution in [0.5, 0.6) is 0 Å². The maximum atomic E-state index is 12.3. The molecule has 1 aliphatic carbocycles. The van der Waals surface area contributed by atoms with Crippen LogP contribution in [0.15, 0.2) is 30.3 Å². The number of piperazine rings is 1.